The van der Waals surface area contributed by atoms with E-state index < -0.39 is 0 Å². The SMILES string of the molecule is O[Si]CC1CCCO1. The third kappa shape index (κ3) is 1.58. The van der Waals surface area contributed by atoms with Gasteiger partial charge in [-0.2, -0.15) is 0 Å². The highest BCUT2D eigenvalue weighted by molar-refractivity contribution is 6.25. The first kappa shape index (κ1) is 6.26. The normalized spacial score (nSPS) is 28.9. The van der Waals surface area contributed by atoms with Gasteiger partial charge in [0.15, 0.2) is 0 Å². The van der Waals surface area contributed by atoms with E-state index in [1.165, 1.54) is 6.42 Å². The molecule has 1 aliphatic rings. The molecule has 1 rings (SSSR count). The summed E-state index contributed by atoms with van der Waals surface area (Å²) in [6.45, 7) is 0.898. The van der Waals surface area contributed by atoms with Crippen molar-refractivity contribution in [3.63, 3.8) is 0 Å². The molecule has 0 aromatic rings. The maximum absolute atomic E-state index is 8.47. The fourth-order valence-corrected chi connectivity index (χ4v) is 1.43. The summed E-state index contributed by atoms with van der Waals surface area (Å²) in [4.78, 5) is 8.47. The molecule has 0 spiro atoms. The molecule has 1 atom stereocenters. The minimum atomic E-state index is 0.0667. The second-order valence-electron chi connectivity index (χ2n) is 2.00. The number of ether oxygens (including phenoxy) is 1. The minimum Gasteiger partial charge on any atom is -0.432 e. The van der Waals surface area contributed by atoms with Crippen molar-refractivity contribution in [2.45, 2.75) is 25.0 Å². The minimum absolute atomic E-state index is 0.0667. The maximum Gasteiger partial charge on any atom is 0.226 e. The Balaban J connectivity index is 2.06. The van der Waals surface area contributed by atoms with E-state index in [9.17, 15) is 0 Å². The first-order chi connectivity index (χ1) is 3.93. The monoisotopic (exact) mass is 130 g/mol. The standard InChI is InChI=1S/C5H10O2Si/c6-8-4-5-2-1-3-7-5/h5-6H,1-4H2. The molecule has 1 unspecified atom stereocenters. The summed E-state index contributed by atoms with van der Waals surface area (Å²) in [5, 5.41) is 0. The van der Waals surface area contributed by atoms with Crippen LogP contribution in [0.1, 0.15) is 12.8 Å². The molecule has 0 amide bonds. The summed E-state index contributed by atoms with van der Waals surface area (Å²) in [6, 6.07) is 0.847. The van der Waals surface area contributed by atoms with Crippen LogP contribution in [-0.4, -0.2) is 27.3 Å². The quantitative estimate of drug-likeness (QED) is 0.541. The van der Waals surface area contributed by atoms with Crippen LogP contribution in [0.5, 0.6) is 0 Å². The molecular weight excluding hydrogens is 120 g/mol. The van der Waals surface area contributed by atoms with E-state index in [-0.39, 0.29) is 9.76 Å². The fraction of sp³-hybridized carbons (Fsp3) is 1.00. The van der Waals surface area contributed by atoms with Gasteiger partial charge in [-0.25, -0.2) is 0 Å². The molecule has 2 nitrogen and oxygen atoms in total. The Bertz CT molecular complexity index is 61.4. The lowest BCUT2D eigenvalue weighted by molar-refractivity contribution is 0.124. The van der Waals surface area contributed by atoms with Crippen molar-refractivity contribution in [3.8, 4) is 0 Å². The number of hydrogen-bond donors (Lipinski definition) is 1. The van der Waals surface area contributed by atoms with Gasteiger partial charge in [0.25, 0.3) is 0 Å². The Morgan fingerprint density at radius 3 is 3.12 bits per heavy atom. The Kier molecular flexibility index (Phi) is 2.52. The van der Waals surface area contributed by atoms with Crippen LogP contribution in [0.15, 0.2) is 0 Å². The van der Waals surface area contributed by atoms with Gasteiger partial charge in [0.05, 0.1) is 6.10 Å². The molecule has 1 saturated heterocycles. The number of hydrogen-bond acceptors (Lipinski definition) is 2. The highest BCUT2D eigenvalue weighted by Crippen LogP contribution is 2.14. The lowest BCUT2D eigenvalue weighted by atomic mass is 10.3. The van der Waals surface area contributed by atoms with E-state index in [1.54, 1.807) is 0 Å². The zero-order chi connectivity index (χ0) is 5.82. The van der Waals surface area contributed by atoms with Crippen LogP contribution in [0.2, 0.25) is 6.04 Å². The second-order valence-corrected chi connectivity index (χ2v) is 2.72. The van der Waals surface area contributed by atoms with Gasteiger partial charge in [0, 0.05) is 6.61 Å². The summed E-state index contributed by atoms with van der Waals surface area (Å²) in [5.41, 5.74) is 0. The number of rotatable bonds is 2. The lowest BCUT2D eigenvalue weighted by Crippen LogP contribution is -2.07. The highest BCUT2D eigenvalue weighted by Gasteiger charge is 2.14. The van der Waals surface area contributed by atoms with Crippen molar-refractivity contribution in [3.05, 3.63) is 0 Å². The van der Waals surface area contributed by atoms with E-state index >= 15 is 0 Å². The van der Waals surface area contributed by atoms with Gasteiger partial charge < -0.3 is 9.53 Å². The molecule has 0 aliphatic carbocycles. The van der Waals surface area contributed by atoms with Crippen molar-refractivity contribution < 1.29 is 9.53 Å². The van der Waals surface area contributed by atoms with Crippen LogP contribution < -0.4 is 0 Å². The van der Waals surface area contributed by atoms with Crippen molar-refractivity contribution in [1.29, 1.82) is 0 Å². The van der Waals surface area contributed by atoms with E-state index in [1.807, 2.05) is 0 Å². The van der Waals surface area contributed by atoms with E-state index in [4.69, 9.17) is 9.53 Å². The molecule has 1 heterocycles. The molecule has 0 aromatic carbocycles. The van der Waals surface area contributed by atoms with Crippen molar-refractivity contribution in [2.24, 2.45) is 0 Å². The maximum atomic E-state index is 8.47. The predicted octanol–water partition coefficient (Wildman–Crippen LogP) is 0.195. The summed E-state index contributed by atoms with van der Waals surface area (Å²) >= 11 is 0. The topological polar surface area (TPSA) is 29.5 Å². The van der Waals surface area contributed by atoms with Crippen LogP contribution in [0.3, 0.4) is 0 Å². The molecule has 1 N–H and O–H groups in total. The zero-order valence-electron chi connectivity index (χ0n) is 4.76. The highest BCUT2D eigenvalue weighted by atomic mass is 28.2. The lowest BCUT2D eigenvalue weighted by Gasteiger charge is -2.02. The third-order valence-electron chi connectivity index (χ3n) is 1.34. The van der Waals surface area contributed by atoms with Gasteiger partial charge in [-0.15, -0.1) is 0 Å². The Morgan fingerprint density at radius 1 is 1.75 bits per heavy atom. The van der Waals surface area contributed by atoms with Crippen LogP contribution in [-0.2, 0) is 4.74 Å². The molecule has 0 saturated carbocycles. The summed E-state index contributed by atoms with van der Waals surface area (Å²) < 4.78 is 5.24. The molecule has 0 bridgehead atoms. The van der Waals surface area contributed by atoms with Gasteiger partial charge in [-0.1, -0.05) is 0 Å². The molecule has 46 valence electrons. The largest absolute Gasteiger partial charge is 0.432 e. The Hall–Kier alpha value is 0.137. The van der Waals surface area contributed by atoms with Crippen LogP contribution >= 0.6 is 0 Å². The fourth-order valence-electron chi connectivity index (χ4n) is 0.907. The van der Waals surface area contributed by atoms with Crippen LogP contribution in [0, 0.1) is 0 Å². The molecule has 8 heavy (non-hydrogen) atoms. The van der Waals surface area contributed by atoms with Crippen LogP contribution in [0.25, 0.3) is 0 Å². The first-order valence-corrected chi connectivity index (χ1v) is 4.07. The predicted molar refractivity (Wildman–Crippen MR) is 31.8 cm³/mol. The third-order valence-corrected chi connectivity index (χ3v) is 1.98. The molecule has 3 heteroatoms. The summed E-state index contributed by atoms with van der Waals surface area (Å²) in [7, 11) is 0.0667. The van der Waals surface area contributed by atoms with Crippen molar-refractivity contribution in [2.75, 3.05) is 6.61 Å². The first-order valence-electron chi connectivity index (χ1n) is 2.92. The average molecular weight is 130 g/mol. The second kappa shape index (κ2) is 3.22. The van der Waals surface area contributed by atoms with Gasteiger partial charge in [-0.05, 0) is 18.9 Å². The van der Waals surface area contributed by atoms with E-state index in [0.29, 0.717) is 6.10 Å². The van der Waals surface area contributed by atoms with Crippen molar-refractivity contribution >= 4 is 9.76 Å². The van der Waals surface area contributed by atoms with Gasteiger partial charge in [-0.3, -0.25) is 0 Å². The molecule has 1 fully saturated rings. The van der Waals surface area contributed by atoms with Crippen molar-refractivity contribution in [1.82, 2.24) is 0 Å². The summed E-state index contributed by atoms with van der Waals surface area (Å²) in [5.74, 6) is 0. The Morgan fingerprint density at radius 2 is 2.62 bits per heavy atom. The van der Waals surface area contributed by atoms with E-state index in [2.05, 4.69) is 0 Å². The zero-order valence-corrected chi connectivity index (χ0v) is 5.76. The molecule has 1 aliphatic heterocycles. The smallest absolute Gasteiger partial charge is 0.226 e. The van der Waals surface area contributed by atoms with Gasteiger partial charge in [0.1, 0.15) is 0 Å². The van der Waals surface area contributed by atoms with Crippen LogP contribution in [0.4, 0.5) is 0 Å². The summed E-state index contributed by atoms with van der Waals surface area (Å²) in [6.07, 6.45) is 2.70. The average Bonchev–Trinajstić information content (AvgIpc) is 2.19. The van der Waals surface area contributed by atoms with Gasteiger partial charge >= 0.3 is 0 Å². The molecular formula is C5H10O2Si. The molecule has 2 radical (unpaired) electrons. The van der Waals surface area contributed by atoms with E-state index in [0.717, 1.165) is 19.1 Å². The molecule has 0 aromatic heterocycles. The van der Waals surface area contributed by atoms with Gasteiger partial charge in [0.2, 0.25) is 9.76 Å². The Labute approximate surface area is 51.8 Å².